The van der Waals surface area contributed by atoms with Gasteiger partial charge in [0.1, 0.15) is 0 Å². The molecule has 1 fully saturated rings. The van der Waals surface area contributed by atoms with Gasteiger partial charge >= 0.3 is 0 Å². The first-order chi connectivity index (χ1) is 15.1. The van der Waals surface area contributed by atoms with Crippen LogP contribution >= 0.6 is 0 Å². The first kappa shape index (κ1) is 18.5. The van der Waals surface area contributed by atoms with Gasteiger partial charge in [0.15, 0.2) is 11.5 Å². The Labute approximate surface area is 179 Å². The summed E-state index contributed by atoms with van der Waals surface area (Å²) >= 11 is 0. The summed E-state index contributed by atoms with van der Waals surface area (Å²) in [7, 11) is 0. The van der Waals surface area contributed by atoms with Crippen LogP contribution < -0.4 is 15.0 Å². The molecule has 5 heterocycles. The van der Waals surface area contributed by atoms with E-state index >= 15 is 0 Å². The van der Waals surface area contributed by atoms with Crippen LogP contribution in [0.4, 0.5) is 0 Å². The molecule has 0 radical (unpaired) electrons. The minimum atomic E-state index is -0.569. The fourth-order valence-electron chi connectivity index (χ4n) is 5.23. The summed E-state index contributed by atoms with van der Waals surface area (Å²) < 4.78 is 12.7. The fraction of sp³-hybridized carbons (Fsp3) is 0.435. The van der Waals surface area contributed by atoms with E-state index in [0.717, 1.165) is 34.9 Å². The third-order valence-electron chi connectivity index (χ3n) is 6.64. The topological polar surface area (TPSA) is 82.4 Å². The number of pyridine rings is 1. The molecule has 2 aromatic rings. The second-order valence-corrected chi connectivity index (χ2v) is 8.76. The molecule has 0 spiro atoms. The van der Waals surface area contributed by atoms with E-state index < -0.39 is 6.10 Å². The van der Waals surface area contributed by atoms with Crippen molar-refractivity contribution in [3.63, 3.8) is 0 Å². The van der Waals surface area contributed by atoms with Crippen molar-refractivity contribution in [1.82, 2.24) is 9.47 Å². The molecule has 0 aliphatic carbocycles. The van der Waals surface area contributed by atoms with Crippen LogP contribution in [0.15, 0.2) is 46.3 Å². The number of oxime groups is 1. The number of hydrogen-bond acceptors (Lipinski definition) is 6. The molecule has 1 saturated heterocycles. The van der Waals surface area contributed by atoms with E-state index in [0.29, 0.717) is 38.4 Å². The van der Waals surface area contributed by atoms with Gasteiger partial charge in [0.2, 0.25) is 12.9 Å². The van der Waals surface area contributed by atoms with Crippen molar-refractivity contribution < 1.29 is 19.1 Å². The predicted octanol–water partition coefficient (Wildman–Crippen LogP) is 1.91. The standard InChI is InChI=1S/C23H23N3O5/c27-22-3-1-2-18-16-6-15(11-26(18)22)10-25(12-16)23(28)21-9-17(24-31-21)7-14-4-5-19-20(8-14)30-13-29-19/h1-5,8,15-16,21H,6-7,9-13H2/t15-,16+,21-/m1/s1. The van der Waals surface area contributed by atoms with Crippen LogP contribution in [0, 0.1) is 5.92 Å². The largest absolute Gasteiger partial charge is 0.454 e. The lowest BCUT2D eigenvalue weighted by molar-refractivity contribution is -0.144. The van der Waals surface area contributed by atoms with Gasteiger partial charge in [-0.15, -0.1) is 0 Å². The van der Waals surface area contributed by atoms with Crippen LogP contribution in [0.5, 0.6) is 11.5 Å². The van der Waals surface area contributed by atoms with Gasteiger partial charge in [0.25, 0.3) is 11.5 Å². The highest BCUT2D eigenvalue weighted by molar-refractivity contribution is 5.94. The maximum Gasteiger partial charge on any atom is 0.266 e. The molecule has 0 N–H and O–H groups in total. The summed E-state index contributed by atoms with van der Waals surface area (Å²) in [6, 6.07) is 11.3. The average molecular weight is 421 g/mol. The van der Waals surface area contributed by atoms with Gasteiger partial charge in [-0.1, -0.05) is 17.3 Å². The number of carbonyl (C=O) groups excluding carboxylic acids is 1. The molecule has 4 aliphatic heterocycles. The van der Waals surface area contributed by atoms with E-state index in [1.54, 1.807) is 6.07 Å². The molecule has 6 rings (SSSR count). The molecule has 8 nitrogen and oxygen atoms in total. The quantitative estimate of drug-likeness (QED) is 0.756. The number of rotatable bonds is 3. The highest BCUT2D eigenvalue weighted by atomic mass is 16.7. The Morgan fingerprint density at radius 3 is 2.94 bits per heavy atom. The van der Waals surface area contributed by atoms with Crippen LogP contribution in [0.25, 0.3) is 0 Å². The summed E-state index contributed by atoms with van der Waals surface area (Å²) in [5.41, 5.74) is 2.99. The number of fused-ring (bicyclic) bond motifs is 5. The van der Waals surface area contributed by atoms with Crippen molar-refractivity contribution in [2.24, 2.45) is 11.1 Å². The Kier molecular flexibility index (Phi) is 4.26. The van der Waals surface area contributed by atoms with Crippen molar-refractivity contribution in [2.45, 2.75) is 37.8 Å². The molecule has 1 amide bonds. The minimum absolute atomic E-state index is 0.00846. The molecule has 31 heavy (non-hydrogen) atoms. The van der Waals surface area contributed by atoms with Gasteiger partial charge in [0, 0.05) is 50.2 Å². The fourth-order valence-corrected chi connectivity index (χ4v) is 5.23. The minimum Gasteiger partial charge on any atom is -0.454 e. The molecule has 3 atom stereocenters. The molecule has 0 unspecified atom stereocenters. The molecule has 0 saturated carbocycles. The Bertz CT molecular complexity index is 1140. The van der Waals surface area contributed by atoms with Crippen LogP contribution in [0.3, 0.4) is 0 Å². The summed E-state index contributed by atoms with van der Waals surface area (Å²) in [6.07, 6.45) is 1.56. The SMILES string of the molecule is O=C([C@H]1CC(Cc2ccc3c(c2)OCO3)=NO1)N1C[C@H]2C[C@@H](C1)c1cccc(=O)n1C2. The number of hydrogen-bond donors (Lipinski definition) is 0. The van der Waals surface area contributed by atoms with Gasteiger partial charge in [-0.25, -0.2) is 0 Å². The zero-order valence-corrected chi connectivity index (χ0v) is 17.0. The third-order valence-corrected chi connectivity index (χ3v) is 6.64. The number of benzene rings is 1. The average Bonchev–Trinajstić information content (AvgIpc) is 3.43. The van der Waals surface area contributed by atoms with Gasteiger partial charge in [-0.3, -0.25) is 9.59 Å². The molecular weight excluding hydrogens is 398 g/mol. The zero-order chi connectivity index (χ0) is 20.9. The van der Waals surface area contributed by atoms with Crippen molar-refractivity contribution in [3.05, 3.63) is 58.0 Å². The Hall–Kier alpha value is -3.29. The number of amides is 1. The number of ether oxygens (including phenoxy) is 2. The molecule has 1 aromatic heterocycles. The summed E-state index contributed by atoms with van der Waals surface area (Å²) in [5, 5.41) is 4.19. The Morgan fingerprint density at radius 2 is 2.00 bits per heavy atom. The second kappa shape index (κ2) is 7.14. The molecule has 8 heteroatoms. The number of carbonyl (C=O) groups is 1. The van der Waals surface area contributed by atoms with Gasteiger partial charge in [-0.05, 0) is 36.1 Å². The predicted molar refractivity (Wildman–Crippen MR) is 111 cm³/mol. The number of nitrogens with zero attached hydrogens (tertiary/aromatic N) is 3. The first-order valence-electron chi connectivity index (χ1n) is 10.7. The van der Waals surface area contributed by atoms with E-state index in [9.17, 15) is 9.59 Å². The Morgan fingerprint density at radius 1 is 1.10 bits per heavy atom. The number of piperidine rings is 1. The Balaban J connectivity index is 1.11. The van der Waals surface area contributed by atoms with E-state index in [2.05, 4.69) is 5.16 Å². The van der Waals surface area contributed by atoms with E-state index in [-0.39, 0.29) is 24.2 Å². The van der Waals surface area contributed by atoms with Gasteiger partial charge < -0.3 is 23.8 Å². The summed E-state index contributed by atoms with van der Waals surface area (Å²) in [4.78, 5) is 32.8. The second-order valence-electron chi connectivity index (χ2n) is 8.76. The van der Waals surface area contributed by atoms with Crippen molar-refractivity contribution in [2.75, 3.05) is 19.9 Å². The lowest BCUT2D eigenvalue weighted by Crippen LogP contribution is -2.51. The lowest BCUT2D eigenvalue weighted by atomic mass is 9.83. The van der Waals surface area contributed by atoms with E-state index in [4.69, 9.17) is 14.3 Å². The summed E-state index contributed by atoms with van der Waals surface area (Å²) in [6.45, 7) is 2.20. The van der Waals surface area contributed by atoms with Crippen LogP contribution in [-0.4, -0.2) is 47.1 Å². The van der Waals surface area contributed by atoms with Crippen LogP contribution in [0.2, 0.25) is 0 Å². The van der Waals surface area contributed by atoms with E-state index in [1.807, 2.05) is 39.8 Å². The smallest absolute Gasteiger partial charge is 0.266 e. The molecule has 4 aliphatic rings. The molecule has 2 bridgehead atoms. The molecule has 1 aromatic carbocycles. The maximum absolute atomic E-state index is 13.2. The van der Waals surface area contributed by atoms with Gasteiger partial charge in [0.05, 0.1) is 5.71 Å². The third kappa shape index (κ3) is 3.26. The number of likely N-dealkylation sites (tertiary alicyclic amines) is 1. The van der Waals surface area contributed by atoms with Crippen LogP contribution in [-0.2, 0) is 22.6 Å². The van der Waals surface area contributed by atoms with Crippen molar-refractivity contribution in [1.29, 1.82) is 0 Å². The molecule has 160 valence electrons. The van der Waals surface area contributed by atoms with Crippen molar-refractivity contribution >= 4 is 11.6 Å². The van der Waals surface area contributed by atoms with Gasteiger partial charge in [-0.2, -0.15) is 0 Å². The molecular formula is C23H23N3O5. The number of aromatic nitrogens is 1. The highest BCUT2D eigenvalue weighted by Crippen LogP contribution is 2.36. The van der Waals surface area contributed by atoms with Crippen LogP contribution in [0.1, 0.15) is 30.0 Å². The lowest BCUT2D eigenvalue weighted by Gasteiger charge is -2.43. The van der Waals surface area contributed by atoms with Crippen molar-refractivity contribution in [3.8, 4) is 11.5 Å². The monoisotopic (exact) mass is 421 g/mol. The zero-order valence-electron chi connectivity index (χ0n) is 17.0. The maximum atomic E-state index is 13.2. The van der Waals surface area contributed by atoms with E-state index in [1.165, 1.54) is 0 Å². The normalized spacial score (nSPS) is 25.6. The highest BCUT2D eigenvalue weighted by Gasteiger charge is 2.40. The first-order valence-corrected chi connectivity index (χ1v) is 10.7. The summed E-state index contributed by atoms with van der Waals surface area (Å²) in [5.74, 6) is 1.97.